The lowest BCUT2D eigenvalue weighted by Gasteiger charge is -2.30. The number of phenols is 1. The fraction of sp³-hybridized carbons (Fsp3) is 0.727. The molecule has 1 N–H and O–H groups in total. The molecule has 23 heavy (non-hydrogen) atoms. The standard InChI is InChI=1S/C22H38O/c1-7-9-11-15-21(3,4)18-13-14-19(20(23)17-18)22(5,6)16-12-10-8-2/h13-14,17,23H,7-12,15-16H2,1-6H3. The molecular formula is C22H38O. The molecule has 1 aromatic rings. The van der Waals surface area contributed by atoms with Gasteiger partial charge in [0.1, 0.15) is 5.75 Å². The van der Waals surface area contributed by atoms with Crippen LogP contribution < -0.4 is 0 Å². The van der Waals surface area contributed by atoms with Crippen molar-refractivity contribution in [3.8, 4) is 5.75 Å². The minimum absolute atomic E-state index is 0.0458. The third-order valence-corrected chi connectivity index (χ3v) is 5.32. The molecule has 0 saturated heterocycles. The van der Waals surface area contributed by atoms with Crippen LogP contribution >= 0.6 is 0 Å². The molecule has 0 aliphatic carbocycles. The van der Waals surface area contributed by atoms with Gasteiger partial charge in [-0.3, -0.25) is 0 Å². The van der Waals surface area contributed by atoms with Crippen molar-refractivity contribution in [2.45, 2.75) is 104 Å². The summed E-state index contributed by atoms with van der Waals surface area (Å²) >= 11 is 0. The van der Waals surface area contributed by atoms with E-state index in [9.17, 15) is 5.11 Å². The van der Waals surface area contributed by atoms with E-state index in [1.807, 2.05) is 6.07 Å². The Morgan fingerprint density at radius 3 is 1.78 bits per heavy atom. The second kappa shape index (κ2) is 8.76. The maximum absolute atomic E-state index is 10.6. The molecule has 0 radical (unpaired) electrons. The molecule has 0 aliphatic rings. The Kier molecular flexibility index (Phi) is 7.64. The molecule has 0 amide bonds. The molecule has 0 aromatic heterocycles. The van der Waals surface area contributed by atoms with Gasteiger partial charge in [-0.05, 0) is 40.9 Å². The Labute approximate surface area is 144 Å². The number of phenolic OH excluding ortho intramolecular Hbond substituents is 1. The number of aromatic hydroxyl groups is 1. The Morgan fingerprint density at radius 2 is 1.30 bits per heavy atom. The van der Waals surface area contributed by atoms with E-state index < -0.39 is 0 Å². The van der Waals surface area contributed by atoms with Gasteiger partial charge in [-0.1, -0.05) is 92.2 Å². The Hall–Kier alpha value is -0.980. The van der Waals surface area contributed by atoms with Crippen molar-refractivity contribution in [1.82, 2.24) is 0 Å². The van der Waals surface area contributed by atoms with Gasteiger partial charge in [-0.15, -0.1) is 0 Å². The van der Waals surface area contributed by atoms with E-state index in [0.29, 0.717) is 5.75 Å². The van der Waals surface area contributed by atoms with Crippen LogP contribution in [-0.2, 0) is 10.8 Å². The monoisotopic (exact) mass is 318 g/mol. The molecule has 132 valence electrons. The number of benzene rings is 1. The summed E-state index contributed by atoms with van der Waals surface area (Å²) in [7, 11) is 0. The summed E-state index contributed by atoms with van der Waals surface area (Å²) in [5, 5.41) is 10.6. The van der Waals surface area contributed by atoms with Crippen LogP contribution in [0.5, 0.6) is 5.75 Å². The zero-order valence-electron chi connectivity index (χ0n) is 16.3. The molecule has 0 spiro atoms. The first-order valence-corrected chi connectivity index (χ1v) is 9.58. The van der Waals surface area contributed by atoms with Crippen LogP contribution in [0.1, 0.15) is 104 Å². The maximum Gasteiger partial charge on any atom is 0.119 e. The zero-order valence-corrected chi connectivity index (χ0v) is 16.3. The third-order valence-electron chi connectivity index (χ3n) is 5.32. The highest BCUT2D eigenvalue weighted by molar-refractivity contribution is 5.43. The van der Waals surface area contributed by atoms with Crippen LogP contribution in [0.25, 0.3) is 0 Å². The van der Waals surface area contributed by atoms with E-state index in [1.165, 1.54) is 50.5 Å². The second-order valence-electron chi connectivity index (χ2n) is 8.41. The van der Waals surface area contributed by atoms with E-state index in [2.05, 4.69) is 53.7 Å². The predicted molar refractivity (Wildman–Crippen MR) is 102 cm³/mol. The van der Waals surface area contributed by atoms with Crippen LogP contribution in [0.4, 0.5) is 0 Å². The van der Waals surface area contributed by atoms with E-state index in [4.69, 9.17) is 0 Å². The third kappa shape index (κ3) is 5.86. The van der Waals surface area contributed by atoms with Crippen molar-refractivity contribution >= 4 is 0 Å². The van der Waals surface area contributed by atoms with Crippen molar-refractivity contribution in [2.75, 3.05) is 0 Å². The first-order valence-electron chi connectivity index (χ1n) is 9.58. The number of hydrogen-bond donors (Lipinski definition) is 1. The topological polar surface area (TPSA) is 20.2 Å². The van der Waals surface area contributed by atoms with Gasteiger partial charge in [0, 0.05) is 0 Å². The highest BCUT2D eigenvalue weighted by Crippen LogP contribution is 2.39. The Balaban J connectivity index is 2.88. The van der Waals surface area contributed by atoms with Crippen molar-refractivity contribution in [2.24, 2.45) is 0 Å². The lowest BCUT2D eigenvalue weighted by atomic mass is 9.76. The molecule has 0 bridgehead atoms. The van der Waals surface area contributed by atoms with Crippen LogP contribution in [0.2, 0.25) is 0 Å². The highest BCUT2D eigenvalue weighted by atomic mass is 16.3. The highest BCUT2D eigenvalue weighted by Gasteiger charge is 2.26. The summed E-state index contributed by atoms with van der Waals surface area (Å²) in [5.41, 5.74) is 2.54. The summed E-state index contributed by atoms with van der Waals surface area (Å²) in [5.74, 6) is 0.479. The van der Waals surface area contributed by atoms with Crippen LogP contribution in [0.3, 0.4) is 0 Å². The molecule has 0 saturated carbocycles. The fourth-order valence-corrected chi connectivity index (χ4v) is 3.44. The fourth-order valence-electron chi connectivity index (χ4n) is 3.44. The van der Waals surface area contributed by atoms with E-state index in [-0.39, 0.29) is 10.8 Å². The number of unbranched alkanes of at least 4 members (excludes halogenated alkanes) is 4. The number of rotatable bonds is 10. The Bertz CT molecular complexity index is 471. The molecular weight excluding hydrogens is 280 g/mol. The van der Waals surface area contributed by atoms with Gasteiger partial charge in [0.05, 0.1) is 0 Å². The summed E-state index contributed by atoms with van der Waals surface area (Å²) in [4.78, 5) is 0. The number of hydrogen-bond acceptors (Lipinski definition) is 1. The molecule has 0 fully saturated rings. The average molecular weight is 319 g/mol. The molecule has 0 unspecified atom stereocenters. The smallest absolute Gasteiger partial charge is 0.119 e. The minimum Gasteiger partial charge on any atom is -0.508 e. The van der Waals surface area contributed by atoms with Crippen molar-refractivity contribution in [3.63, 3.8) is 0 Å². The largest absolute Gasteiger partial charge is 0.508 e. The van der Waals surface area contributed by atoms with Crippen LogP contribution in [-0.4, -0.2) is 5.11 Å². The minimum atomic E-state index is 0.0458. The molecule has 1 nitrogen and oxygen atoms in total. The predicted octanol–water partition coefficient (Wildman–Crippen LogP) is 7.11. The van der Waals surface area contributed by atoms with Crippen LogP contribution in [0, 0.1) is 0 Å². The van der Waals surface area contributed by atoms with Gasteiger partial charge in [0.2, 0.25) is 0 Å². The van der Waals surface area contributed by atoms with Crippen molar-refractivity contribution in [1.29, 1.82) is 0 Å². The summed E-state index contributed by atoms with van der Waals surface area (Å²) in [6.45, 7) is 13.6. The van der Waals surface area contributed by atoms with Gasteiger partial charge >= 0.3 is 0 Å². The van der Waals surface area contributed by atoms with Gasteiger partial charge in [0.25, 0.3) is 0 Å². The first-order chi connectivity index (χ1) is 10.7. The normalized spacial score (nSPS) is 12.6. The van der Waals surface area contributed by atoms with E-state index in [1.54, 1.807) is 0 Å². The lowest BCUT2D eigenvalue weighted by molar-refractivity contribution is 0.402. The van der Waals surface area contributed by atoms with Crippen molar-refractivity contribution in [3.05, 3.63) is 29.3 Å². The molecule has 1 heteroatoms. The second-order valence-corrected chi connectivity index (χ2v) is 8.41. The molecule has 0 aliphatic heterocycles. The first kappa shape index (κ1) is 20.1. The maximum atomic E-state index is 10.6. The van der Waals surface area contributed by atoms with Gasteiger partial charge < -0.3 is 5.11 Å². The van der Waals surface area contributed by atoms with Gasteiger partial charge in [-0.2, -0.15) is 0 Å². The lowest BCUT2D eigenvalue weighted by Crippen LogP contribution is -2.20. The Morgan fingerprint density at radius 1 is 0.783 bits per heavy atom. The van der Waals surface area contributed by atoms with E-state index in [0.717, 1.165) is 12.0 Å². The van der Waals surface area contributed by atoms with E-state index >= 15 is 0 Å². The SMILES string of the molecule is CCCCCC(C)(C)c1ccc(C(C)(C)CCCCC)c(O)c1. The van der Waals surface area contributed by atoms with Crippen LogP contribution in [0.15, 0.2) is 18.2 Å². The molecule has 1 aromatic carbocycles. The molecule has 1 rings (SSSR count). The summed E-state index contributed by atoms with van der Waals surface area (Å²) in [6.07, 6.45) is 9.86. The molecule has 0 atom stereocenters. The van der Waals surface area contributed by atoms with Gasteiger partial charge in [0.15, 0.2) is 0 Å². The quantitative estimate of drug-likeness (QED) is 0.456. The summed E-state index contributed by atoms with van der Waals surface area (Å²) < 4.78 is 0. The van der Waals surface area contributed by atoms with Gasteiger partial charge in [-0.25, -0.2) is 0 Å². The molecule has 0 heterocycles. The summed E-state index contributed by atoms with van der Waals surface area (Å²) in [6, 6.07) is 6.42. The van der Waals surface area contributed by atoms with Crippen molar-refractivity contribution < 1.29 is 5.11 Å². The zero-order chi connectivity index (χ0) is 17.5. The average Bonchev–Trinajstić information content (AvgIpc) is 2.47.